The first-order valence-corrected chi connectivity index (χ1v) is 6.79. The van der Waals surface area contributed by atoms with Gasteiger partial charge < -0.3 is 15.0 Å². The Morgan fingerprint density at radius 3 is 2.71 bits per heavy atom. The zero-order valence-corrected chi connectivity index (χ0v) is 12.0. The van der Waals surface area contributed by atoms with Crippen LogP contribution in [0.3, 0.4) is 0 Å². The van der Waals surface area contributed by atoms with Gasteiger partial charge in [0, 0.05) is 10.9 Å². The maximum absolute atomic E-state index is 12.1. The summed E-state index contributed by atoms with van der Waals surface area (Å²) >= 11 is 5.43. The first-order chi connectivity index (χ1) is 10.1. The van der Waals surface area contributed by atoms with Crippen molar-refractivity contribution in [2.45, 2.75) is 6.92 Å². The number of alkyl halides is 1. The van der Waals surface area contributed by atoms with E-state index in [0.29, 0.717) is 10.9 Å². The molecule has 1 amide bonds. The lowest BCUT2D eigenvalue weighted by atomic mass is 10.1. The number of H-pyrrole nitrogens is 1. The minimum absolute atomic E-state index is 0.0228. The van der Waals surface area contributed by atoms with Crippen LogP contribution in [0.4, 0.5) is 5.69 Å². The molecule has 0 aliphatic carbocycles. The van der Waals surface area contributed by atoms with Gasteiger partial charge in [-0.05, 0) is 13.0 Å². The second kappa shape index (κ2) is 6.41. The number of pyridine rings is 1. The lowest BCUT2D eigenvalue weighted by Crippen LogP contribution is -2.25. The average Bonchev–Trinajstić information content (AvgIpc) is 2.47. The Balaban J connectivity index is 2.72. The molecule has 21 heavy (non-hydrogen) atoms. The third-order valence-corrected chi connectivity index (χ3v) is 3.03. The van der Waals surface area contributed by atoms with Gasteiger partial charge in [-0.2, -0.15) is 0 Å². The zero-order chi connectivity index (χ0) is 15.4. The number of hydrogen-bond acceptors (Lipinski definition) is 4. The number of para-hydroxylation sites is 1. The molecule has 0 radical (unpaired) electrons. The minimum atomic E-state index is -0.676. The van der Waals surface area contributed by atoms with Gasteiger partial charge >= 0.3 is 5.97 Å². The zero-order valence-electron chi connectivity index (χ0n) is 11.2. The number of esters is 1. The molecule has 0 aliphatic rings. The maximum Gasteiger partial charge on any atom is 0.341 e. The maximum atomic E-state index is 12.1. The number of rotatable bonds is 4. The van der Waals surface area contributed by atoms with Crippen molar-refractivity contribution in [3.63, 3.8) is 0 Å². The van der Waals surface area contributed by atoms with Crippen LogP contribution in [-0.4, -0.2) is 29.3 Å². The first kappa shape index (κ1) is 15.1. The monoisotopic (exact) mass is 308 g/mol. The molecular weight excluding hydrogens is 296 g/mol. The van der Waals surface area contributed by atoms with E-state index < -0.39 is 17.4 Å². The highest BCUT2D eigenvalue weighted by molar-refractivity contribution is 6.29. The molecule has 2 aromatic rings. The number of carbonyl (C=O) groups excluding carboxylic acids is 2. The van der Waals surface area contributed by atoms with E-state index in [2.05, 4.69) is 10.3 Å². The van der Waals surface area contributed by atoms with Gasteiger partial charge in [0.05, 0.1) is 12.2 Å². The van der Waals surface area contributed by atoms with E-state index in [1.807, 2.05) is 0 Å². The molecule has 0 unspecified atom stereocenters. The predicted molar refractivity (Wildman–Crippen MR) is 79.9 cm³/mol. The first-order valence-electron chi connectivity index (χ1n) is 6.26. The summed E-state index contributed by atoms with van der Waals surface area (Å²) in [5, 5.41) is 2.83. The number of aromatic nitrogens is 1. The average molecular weight is 309 g/mol. The number of fused-ring (bicyclic) bond motifs is 1. The summed E-state index contributed by atoms with van der Waals surface area (Å²) in [6, 6.07) is 6.77. The van der Waals surface area contributed by atoms with Gasteiger partial charge in [-0.25, -0.2) is 4.79 Å². The highest BCUT2D eigenvalue weighted by Crippen LogP contribution is 2.22. The number of aromatic amines is 1. The van der Waals surface area contributed by atoms with E-state index in [1.54, 1.807) is 31.2 Å². The molecule has 0 saturated carbocycles. The molecule has 7 heteroatoms. The van der Waals surface area contributed by atoms with Gasteiger partial charge in [0.1, 0.15) is 11.6 Å². The third kappa shape index (κ3) is 3.05. The molecular formula is C14H13ClN2O4. The van der Waals surface area contributed by atoms with Gasteiger partial charge in [0.2, 0.25) is 5.91 Å². The summed E-state index contributed by atoms with van der Waals surface area (Å²) in [5.41, 5.74) is -0.239. The molecule has 0 aliphatic heterocycles. The molecule has 0 fully saturated rings. The van der Waals surface area contributed by atoms with Crippen LogP contribution in [0.5, 0.6) is 0 Å². The van der Waals surface area contributed by atoms with Gasteiger partial charge in [-0.1, -0.05) is 18.2 Å². The highest BCUT2D eigenvalue weighted by Gasteiger charge is 2.21. The number of nitrogens with one attached hydrogen (secondary N) is 2. The number of benzene rings is 1. The number of halogens is 1. The van der Waals surface area contributed by atoms with Crippen LogP contribution in [0.25, 0.3) is 10.9 Å². The van der Waals surface area contributed by atoms with E-state index in [-0.39, 0.29) is 23.7 Å². The molecule has 2 N–H and O–H groups in total. The second-order valence-electron chi connectivity index (χ2n) is 4.15. The fourth-order valence-corrected chi connectivity index (χ4v) is 2.02. The van der Waals surface area contributed by atoms with Crippen LogP contribution in [-0.2, 0) is 9.53 Å². The summed E-state index contributed by atoms with van der Waals surface area (Å²) in [7, 11) is 0. The standard InChI is InChI=1S/C14H13ClN2O4/c1-2-21-14(20)11-8-5-3-4-6-9(8)16-13(19)12(11)17-10(18)7-15/h3-6H,2,7H2,1H3,(H,16,19)(H,17,18). The fraction of sp³-hybridized carbons (Fsp3) is 0.214. The van der Waals surface area contributed by atoms with E-state index in [9.17, 15) is 14.4 Å². The Labute approximate surface area is 125 Å². The van der Waals surface area contributed by atoms with Gasteiger partial charge in [-0.15, -0.1) is 11.6 Å². The quantitative estimate of drug-likeness (QED) is 0.667. The van der Waals surface area contributed by atoms with Crippen molar-refractivity contribution in [1.82, 2.24) is 4.98 Å². The third-order valence-electron chi connectivity index (χ3n) is 2.79. The summed E-state index contributed by atoms with van der Waals surface area (Å²) < 4.78 is 4.97. The summed E-state index contributed by atoms with van der Waals surface area (Å²) in [5.74, 6) is -1.58. The van der Waals surface area contributed by atoms with Crippen molar-refractivity contribution in [1.29, 1.82) is 0 Å². The van der Waals surface area contributed by atoms with Crippen LogP contribution in [0.2, 0.25) is 0 Å². The number of hydrogen-bond donors (Lipinski definition) is 2. The van der Waals surface area contributed by atoms with Crippen LogP contribution < -0.4 is 10.9 Å². The van der Waals surface area contributed by atoms with Crippen molar-refractivity contribution in [2.24, 2.45) is 0 Å². The number of anilines is 1. The Morgan fingerprint density at radius 1 is 1.33 bits per heavy atom. The van der Waals surface area contributed by atoms with Gasteiger partial charge in [0.15, 0.2) is 0 Å². The molecule has 6 nitrogen and oxygen atoms in total. The molecule has 2 rings (SSSR count). The predicted octanol–water partition coefficient (Wildman–Crippen LogP) is 1.88. The van der Waals surface area contributed by atoms with Crippen LogP contribution >= 0.6 is 11.6 Å². The van der Waals surface area contributed by atoms with Crippen molar-refractivity contribution >= 4 is 40.1 Å². The lowest BCUT2D eigenvalue weighted by molar-refractivity contribution is -0.113. The fourth-order valence-electron chi connectivity index (χ4n) is 1.95. The van der Waals surface area contributed by atoms with Gasteiger partial charge in [0.25, 0.3) is 5.56 Å². The van der Waals surface area contributed by atoms with Crippen molar-refractivity contribution in [2.75, 3.05) is 17.8 Å². The second-order valence-corrected chi connectivity index (χ2v) is 4.42. The molecule has 0 spiro atoms. The van der Waals surface area contributed by atoms with Crippen molar-refractivity contribution in [3.8, 4) is 0 Å². The SMILES string of the molecule is CCOC(=O)c1c(NC(=O)CCl)c(=O)[nH]c2ccccc12. The molecule has 0 saturated heterocycles. The Hall–Kier alpha value is -2.34. The van der Waals surface area contributed by atoms with E-state index in [0.717, 1.165) is 0 Å². The number of ether oxygens (including phenoxy) is 1. The topological polar surface area (TPSA) is 88.3 Å². The molecule has 0 atom stereocenters. The van der Waals surface area contributed by atoms with E-state index in [4.69, 9.17) is 16.3 Å². The Kier molecular flexibility index (Phi) is 4.59. The molecule has 1 aromatic carbocycles. The molecule has 1 heterocycles. The molecule has 0 bridgehead atoms. The van der Waals surface area contributed by atoms with Crippen LogP contribution in [0.15, 0.2) is 29.1 Å². The lowest BCUT2D eigenvalue weighted by Gasteiger charge is -2.11. The van der Waals surface area contributed by atoms with Crippen molar-refractivity contribution < 1.29 is 14.3 Å². The summed E-state index contributed by atoms with van der Waals surface area (Å²) in [4.78, 5) is 38.3. The summed E-state index contributed by atoms with van der Waals surface area (Å²) in [6.45, 7) is 1.81. The van der Waals surface area contributed by atoms with Crippen LogP contribution in [0.1, 0.15) is 17.3 Å². The Bertz CT molecular complexity index is 754. The number of amides is 1. The Morgan fingerprint density at radius 2 is 2.05 bits per heavy atom. The van der Waals surface area contributed by atoms with E-state index in [1.165, 1.54) is 0 Å². The minimum Gasteiger partial charge on any atom is -0.462 e. The summed E-state index contributed by atoms with van der Waals surface area (Å²) in [6.07, 6.45) is 0. The molecule has 110 valence electrons. The molecule has 1 aromatic heterocycles. The smallest absolute Gasteiger partial charge is 0.341 e. The van der Waals surface area contributed by atoms with Gasteiger partial charge in [-0.3, -0.25) is 9.59 Å². The largest absolute Gasteiger partial charge is 0.462 e. The normalized spacial score (nSPS) is 10.4. The highest BCUT2D eigenvalue weighted by atomic mass is 35.5. The van der Waals surface area contributed by atoms with E-state index >= 15 is 0 Å². The van der Waals surface area contributed by atoms with Crippen LogP contribution in [0, 0.1) is 0 Å². The number of carbonyl (C=O) groups is 2. The van der Waals surface area contributed by atoms with Crippen molar-refractivity contribution in [3.05, 3.63) is 40.2 Å².